The van der Waals surface area contributed by atoms with E-state index >= 15 is 0 Å². The lowest BCUT2D eigenvalue weighted by atomic mass is 9.93. The predicted octanol–water partition coefficient (Wildman–Crippen LogP) is 4.62. The van der Waals surface area contributed by atoms with E-state index in [-0.39, 0.29) is 0 Å². The molecule has 0 aliphatic heterocycles. The van der Waals surface area contributed by atoms with Gasteiger partial charge in [-0.1, -0.05) is 25.8 Å². The van der Waals surface area contributed by atoms with E-state index in [0.29, 0.717) is 6.04 Å². The van der Waals surface area contributed by atoms with Crippen molar-refractivity contribution in [1.29, 1.82) is 0 Å². The third kappa shape index (κ3) is 5.63. The molecule has 0 aromatic heterocycles. The molecule has 0 aromatic carbocycles. The fraction of sp³-hybridized carbons (Fsp3) is 0.706. The van der Waals surface area contributed by atoms with Crippen molar-refractivity contribution in [2.24, 2.45) is 16.6 Å². The largest absolute Gasteiger partial charge is 0.405 e. The van der Waals surface area contributed by atoms with Gasteiger partial charge in [-0.25, -0.2) is 0 Å². The zero-order valence-corrected chi connectivity index (χ0v) is 13.1. The van der Waals surface area contributed by atoms with Gasteiger partial charge in [0, 0.05) is 6.04 Å². The summed E-state index contributed by atoms with van der Waals surface area (Å²) in [7, 11) is 0. The molecule has 1 aliphatic rings. The average molecular weight is 262 g/mol. The van der Waals surface area contributed by atoms with Crippen LogP contribution in [0, 0.1) is 5.92 Å². The molecule has 0 radical (unpaired) electrons. The number of hydrogen-bond donors (Lipinski definition) is 1. The van der Waals surface area contributed by atoms with Crippen molar-refractivity contribution in [2.45, 2.75) is 72.3 Å². The van der Waals surface area contributed by atoms with Gasteiger partial charge in [-0.2, -0.15) is 0 Å². The minimum atomic E-state index is 0.320. The Kier molecular flexibility index (Phi) is 6.90. The highest BCUT2D eigenvalue weighted by Gasteiger charge is 2.25. The molecular formula is C17H30N2. The van der Waals surface area contributed by atoms with Crippen molar-refractivity contribution >= 4 is 5.71 Å². The third-order valence-corrected chi connectivity index (χ3v) is 3.56. The maximum absolute atomic E-state index is 5.62. The van der Waals surface area contributed by atoms with Crippen LogP contribution in [-0.2, 0) is 0 Å². The van der Waals surface area contributed by atoms with Crippen molar-refractivity contribution in [3.63, 3.8) is 0 Å². The Labute approximate surface area is 118 Å². The summed E-state index contributed by atoms with van der Waals surface area (Å²) in [5, 5.41) is 0. The van der Waals surface area contributed by atoms with Crippen LogP contribution < -0.4 is 5.73 Å². The Morgan fingerprint density at radius 3 is 2.42 bits per heavy atom. The van der Waals surface area contributed by atoms with Crippen LogP contribution in [0.25, 0.3) is 0 Å². The molecule has 1 aliphatic carbocycles. The van der Waals surface area contributed by atoms with Gasteiger partial charge in [0.25, 0.3) is 0 Å². The Balaban J connectivity index is 3.09. The zero-order valence-electron chi connectivity index (χ0n) is 13.1. The number of allylic oxidation sites excluding steroid dienone is 3. The summed E-state index contributed by atoms with van der Waals surface area (Å²) < 4.78 is 0. The maximum Gasteiger partial charge on any atom is 0.0623 e. The molecule has 1 rings (SSSR count). The predicted molar refractivity (Wildman–Crippen MR) is 85.5 cm³/mol. The number of rotatable bonds is 8. The van der Waals surface area contributed by atoms with Crippen LogP contribution in [-0.4, -0.2) is 11.8 Å². The van der Waals surface area contributed by atoms with E-state index in [1.54, 1.807) is 11.8 Å². The molecule has 1 fully saturated rings. The first-order chi connectivity index (χ1) is 9.12. The van der Waals surface area contributed by atoms with Crippen molar-refractivity contribution < 1.29 is 0 Å². The highest BCUT2D eigenvalue weighted by molar-refractivity contribution is 6.09. The molecule has 1 saturated carbocycles. The second-order valence-electron chi connectivity index (χ2n) is 5.80. The third-order valence-electron chi connectivity index (χ3n) is 3.56. The van der Waals surface area contributed by atoms with Crippen LogP contribution in [0.15, 0.2) is 28.4 Å². The van der Waals surface area contributed by atoms with Gasteiger partial charge in [-0.3, -0.25) is 4.99 Å². The van der Waals surface area contributed by atoms with Gasteiger partial charge in [0.1, 0.15) is 0 Å². The summed E-state index contributed by atoms with van der Waals surface area (Å²) >= 11 is 0. The number of aliphatic imine (C=N–C) groups is 1. The van der Waals surface area contributed by atoms with Crippen LogP contribution in [0.1, 0.15) is 66.2 Å². The first-order valence-electron chi connectivity index (χ1n) is 7.79. The highest BCUT2D eigenvalue weighted by Crippen LogP contribution is 2.37. The molecule has 0 amide bonds. The molecule has 0 aromatic rings. The molecule has 0 atom stereocenters. The summed E-state index contributed by atoms with van der Waals surface area (Å²) in [5.74, 6) is 0.886. The van der Waals surface area contributed by atoms with Gasteiger partial charge in [0.15, 0.2) is 0 Å². The summed E-state index contributed by atoms with van der Waals surface area (Å²) in [6.45, 7) is 8.77. The summed E-state index contributed by atoms with van der Waals surface area (Å²) in [6, 6.07) is 0.320. The van der Waals surface area contributed by atoms with Gasteiger partial charge in [-0.05, 0) is 69.7 Å². The Bertz CT molecular complexity index is 357. The summed E-state index contributed by atoms with van der Waals surface area (Å²) in [6.07, 6.45) is 11.1. The molecule has 2 N–H and O–H groups in total. The van der Waals surface area contributed by atoms with Crippen LogP contribution in [0.5, 0.6) is 0 Å². The molecule has 0 bridgehead atoms. The second kappa shape index (κ2) is 8.19. The molecule has 19 heavy (non-hydrogen) atoms. The first-order valence-corrected chi connectivity index (χ1v) is 7.79. The smallest absolute Gasteiger partial charge is 0.0623 e. The van der Waals surface area contributed by atoms with Crippen LogP contribution in [0.2, 0.25) is 0 Å². The van der Waals surface area contributed by atoms with Crippen LogP contribution >= 0.6 is 0 Å². The minimum Gasteiger partial charge on any atom is -0.405 e. The first kappa shape index (κ1) is 16.0. The molecule has 0 heterocycles. The molecule has 0 unspecified atom stereocenters. The van der Waals surface area contributed by atoms with Gasteiger partial charge >= 0.3 is 0 Å². The number of nitrogens with two attached hydrogens (primary N) is 1. The summed E-state index contributed by atoms with van der Waals surface area (Å²) in [4.78, 5) is 4.79. The Hall–Kier alpha value is -1.05. The quantitative estimate of drug-likeness (QED) is 0.637. The average Bonchev–Trinajstić information content (AvgIpc) is 3.16. The second-order valence-corrected chi connectivity index (χ2v) is 5.80. The lowest BCUT2D eigenvalue weighted by molar-refractivity contribution is 0.782. The van der Waals surface area contributed by atoms with E-state index in [0.717, 1.165) is 18.1 Å². The number of hydrogen-bond acceptors (Lipinski definition) is 2. The van der Waals surface area contributed by atoms with E-state index in [4.69, 9.17) is 10.7 Å². The molecule has 0 saturated heterocycles. The topological polar surface area (TPSA) is 38.4 Å². The van der Waals surface area contributed by atoms with Gasteiger partial charge < -0.3 is 5.73 Å². The van der Waals surface area contributed by atoms with Crippen molar-refractivity contribution in [3.05, 3.63) is 23.4 Å². The Morgan fingerprint density at radius 1 is 1.32 bits per heavy atom. The van der Waals surface area contributed by atoms with E-state index in [9.17, 15) is 0 Å². The van der Waals surface area contributed by atoms with Crippen molar-refractivity contribution in [2.75, 3.05) is 0 Å². The lowest BCUT2D eigenvalue weighted by Gasteiger charge is -2.15. The molecule has 2 nitrogen and oxygen atoms in total. The van der Waals surface area contributed by atoms with Crippen molar-refractivity contribution in [3.8, 4) is 0 Å². The van der Waals surface area contributed by atoms with E-state index in [2.05, 4.69) is 27.7 Å². The van der Waals surface area contributed by atoms with Gasteiger partial charge in [0.2, 0.25) is 0 Å². The normalized spacial score (nSPS) is 18.3. The molecular weight excluding hydrogens is 232 g/mol. The zero-order chi connectivity index (χ0) is 14.3. The Morgan fingerprint density at radius 2 is 2.00 bits per heavy atom. The fourth-order valence-electron chi connectivity index (χ4n) is 2.47. The molecule has 108 valence electrons. The van der Waals surface area contributed by atoms with Crippen LogP contribution in [0.4, 0.5) is 0 Å². The van der Waals surface area contributed by atoms with Gasteiger partial charge in [-0.15, -0.1) is 0 Å². The van der Waals surface area contributed by atoms with E-state index in [1.807, 2.05) is 6.08 Å². The standard InChI is InChI=1S/C17H30N2/c1-5-7-15(6-2)16(12-14-8-9-14)17(10-11-18)19-13(3)4/h10-11,13-14H,5-9,12,18H2,1-4H3/b11-10?,16-15+,19-17?. The lowest BCUT2D eigenvalue weighted by Crippen LogP contribution is -2.09. The molecule has 0 spiro atoms. The summed E-state index contributed by atoms with van der Waals surface area (Å²) in [5.41, 5.74) is 9.79. The highest BCUT2D eigenvalue weighted by atomic mass is 14.8. The fourth-order valence-corrected chi connectivity index (χ4v) is 2.47. The monoisotopic (exact) mass is 262 g/mol. The van der Waals surface area contributed by atoms with Gasteiger partial charge in [0.05, 0.1) is 5.71 Å². The van der Waals surface area contributed by atoms with E-state index in [1.165, 1.54) is 37.7 Å². The number of nitrogens with zero attached hydrogens (tertiary/aromatic N) is 1. The minimum absolute atomic E-state index is 0.320. The SMILES string of the molecule is CCC/C(CC)=C(\CC1CC1)C(C=CN)=NC(C)C. The van der Waals surface area contributed by atoms with Crippen molar-refractivity contribution in [1.82, 2.24) is 0 Å². The van der Waals surface area contributed by atoms with Crippen LogP contribution in [0.3, 0.4) is 0 Å². The maximum atomic E-state index is 5.62. The van der Waals surface area contributed by atoms with E-state index < -0.39 is 0 Å². The molecule has 2 heteroatoms.